The minimum absolute atomic E-state index is 1.13. The first-order valence-electron chi connectivity index (χ1n) is 7.43. The van der Waals surface area contributed by atoms with Crippen molar-refractivity contribution in [3.8, 4) is 0 Å². The zero-order valence-corrected chi connectivity index (χ0v) is 17.5. The van der Waals surface area contributed by atoms with Crippen molar-refractivity contribution >= 4 is 3.81 Å². The summed E-state index contributed by atoms with van der Waals surface area (Å²) in [4.78, 5) is 0. The Morgan fingerprint density at radius 2 is 1.16 bits per heavy atom. The molecule has 2 rings (SSSR count). The van der Waals surface area contributed by atoms with Crippen LogP contribution in [0.1, 0.15) is 12.8 Å². The van der Waals surface area contributed by atoms with Crippen LogP contribution in [0.2, 0.25) is 34.0 Å². The summed E-state index contributed by atoms with van der Waals surface area (Å²) >= 11 is -3.67. The van der Waals surface area contributed by atoms with Gasteiger partial charge in [-0.3, -0.25) is 0 Å². The molecule has 0 atom stereocenters. The zero-order chi connectivity index (χ0) is 14.3. The van der Waals surface area contributed by atoms with E-state index in [1.807, 2.05) is 7.76 Å². The summed E-state index contributed by atoms with van der Waals surface area (Å²) in [6, 6.07) is 0. The monoisotopic (exact) mass is 344 g/mol. The normalized spacial score (nSPS) is 19.9. The Hall–Kier alpha value is 0.605. The minimum atomic E-state index is -1.83. The van der Waals surface area contributed by atoms with Gasteiger partial charge < -0.3 is 0 Å². The first-order valence-corrected chi connectivity index (χ1v) is 22.9. The summed E-state index contributed by atoms with van der Waals surface area (Å²) in [5.74, 6) is 0. The van der Waals surface area contributed by atoms with Gasteiger partial charge in [0.2, 0.25) is 0 Å². The summed E-state index contributed by atoms with van der Waals surface area (Å²) < 4.78 is 2.60. The second kappa shape index (κ2) is 5.42. The van der Waals surface area contributed by atoms with Gasteiger partial charge in [0.05, 0.1) is 0 Å². The molecule has 0 amide bonds. The summed E-state index contributed by atoms with van der Waals surface area (Å²) in [5.41, 5.74) is 0. The first-order chi connectivity index (χ1) is 8.71. The maximum atomic E-state index is 2.74. The van der Waals surface area contributed by atoms with Crippen LogP contribution in [0.3, 0.4) is 0 Å². The van der Waals surface area contributed by atoms with E-state index in [1.54, 1.807) is 0 Å². The first kappa shape index (κ1) is 16.0. The third-order valence-corrected chi connectivity index (χ3v) is 74.8. The molecular formula is C16H28SiTi2. The van der Waals surface area contributed by atoms with Crippen LogP contribution in [0.25, 0.3) is 0 Å². The Labute approximate surface area is 125 Å². The van der Waals surface area contributed by atoms with Crippen LogP contribution in [-0.2, 0) is 31.7 Å². The van der Waals surface area contributed by atoms with E-state index in [1.165, 1.54) is 12.8 Å². The molecule has 0 saturated heterocycles. The molecule has 0 aromatic carbocycles. The molecule has 0 saturated carbocycles. The average Bonchev–Trinajstić information content (AvgIpc) is 3.02. The molecule has 0 nitrogen and oxygen atoms in total. The molecule has 0 aromatic rings. The third kappa shape index (κ3) is 2.58. The third-order valence-electron chi connectivity index (χ3n) is 6.27. The molecule has 2 aliphatic rings. The Balaban J connectivity index is 2.35. The van der Waals surface area contributed by atoms with Crippen molar-refractivity contribution in [3.05, 3.63) is 44.2 Å². The molecule has 0 radical (unpaired) electrons. The fourth-order valence-corrected chi connectivity index (χ4v) is 62.9. The van der Waals surface area contributed by atoms with E-state index in [-0.39, 0.29) is 0 Å². The number of hydrogen-bond acceptors (Lipinski definition) is 0. The molecule has 104 valence electrons. The van der Waals surface area contributed by atoms with Crippen LogP contribution in [0.5, 0.6) is 0 Å². The maximum absolute atomic E-state index is 2.74. The van der Waals surface area contributed by atoms with E-state index in [0.717, 1.165) is 0 Å². The molecule has 0 aliphatic heterocycles. The second-order valence-corrected chi connectivity index (χ2v) is 48.6. The summed E-state index contributed by atoms with van der Waals surface area (Å²) in [7, 11) is 0. The number of rotatable bonds is 4. The van der Waals surface area contributed by atoms with Crippen LogP contribution >= 0.6 is 0 Å². The van der Waals surface area contributed by atoms with Gasteiger partial charge in [-0.25, -0.2) is 0 Å². The van der Waals surface area contributed by atoms with Crippen molar-refractivity contribution in [1.82, 2.24) is 0 Å². The molecule has 0 fully saturated rings. The SMILES string of the molecule is C[Si](C)([Ti]([CH3])([CH3])[C]1=CC=CC1)[Ti]([CH3])([CH3])[C]1=CC=CC1. The van der Waals surface area contributed by atoms with Crippen LogP contribution < -0.4 is 0 Å². The molecule has 3 heteroatoms. The molecule has 0 spiro atoms. The fourth-order valence-electron chi connectivity index (χ4n) is 3.41. The van der Waals surface area contributed by atoms with Crippen molar-refractivity contribution in [2.24, 2.45) is 0 Å². The standard InChI is InChI=1S/2C5H5.C2H6Si.4CH3.2Ti/c2*1-2-4-5-3-1;1-3-2;;;;;;/h2*1-3H,4H2;1-2H3;4*1H3;;. The van der Waals surface area contributed by atoms with Crippen LogP contribution in [-0.4, -0.2) is 3.81 Å². The van der Waals surface area contributed by atoms with Crippen molar-refractivity contribution in [1.29, 1.82) is 0 Å². The Kier molecular flexibility index (Phi) is 4.56. The quantitative estimate of drug-likeness (QED) is 0.559. The Bertz CT molecular complexity index is 447. The summed E-state index contributed by atoms with van der Waals surface area (Å²) in [5, 5.41) is 10.8. The van der Waals surface area contributed by atoms with Gasteiger partial charge in [0.25, 0.3) is 0 Å². The van der Waals surface area contributed by atoms with Crippen molar-refractivity contribution in [3.63, 3.8) is 0 Å². The number of hydrogen-bond donors (Lipinski definition) is 0. The van der Waals surface area contributed by atoms with E-state index < -0.39 is 35.5 Å². The van der Waals surface area contributed by atoms with Gasteiger partial charge in [-0.05, 0) is 0 Å². The predicted octanol–water partition coefficient (Wildman–Crippen LogP) is 5.88. The second-order valence-electron chi connectivity index (χ2n) is 7.52. The van der Waals surface area contributed by atoms with Crippen molar-refractivity contribution in [2.45, 2.75) is 46.8 Å². The molecule has 0 heterocycles. The Morgan fingerprint density at radius 1 is 0.789 bits per heavy atom. The molecule has 19 heavy (non-hydrogen) atoms. The van der Waals surface area contributed by atoms with Crippen molar-refractivity contribution < 1.29 is 31.7 Å². The molecular weight excluding hydrogens is 316 g/mol. The Morgan fingerprint density at radius 3 is 1.42 bits per heavy atom. The fraction of sp³-hybridized carbons (Fsp3) is 0.500. The van der Waals surface area contributed by atoms with Gasteiger partial charge in [-0.1, -0.05) is 0 Å². The van der Waals surface area contributed by atoms with E-state index in [9.17, 15) is 0 Å². The van der Waals surface area contributed by atoms with Crippen LogP contribution in [0.15, 0.2) is 44.2 Å². The van der Waals surface area contributed by atoms with E-state index >= 15 is 0 Å². The average molecular weight is 344 g/mol. The number of allylic oxidation sites excluding steroid dienone is 8. The van der Waals surface area contributed by atoms with E-state index in [2.05, 4.69) is 70.5 Å². The summed E-state index contributed by atoms with van der Waals surface area (Å²) in [6.45, 7) is 5.48. The molecule has 0 aromatic heterocycles. The predicted molar refractivity (Wildman–Crippen MR) is 84.6 cm³/mol. The van der Waals surface area contributed by atoms with Gasteiger partial charge in [0.1, 0.15) is 0 Å². The van der Waals surface area contributed by atoms with Crippen LogP contribution in [0, 0.1) is 0 Å². The van der Waals surface area contributed by atoms with Gasteiger partial charge in [-0.15, -0.1) is 0 Å². The van der Waals surface area contributed by atoms with Gasteiger partial charge in [-0.2, -0.15) is 0 Å². The van der Waals surface area contributed by atoms with Crippen molar-refractivity contribution in [2.75, 3.05) is 0 Å². The molecule has 0 bridgehead atoms. The molecule has 0 unspecified atom stereocenters. The van der Waals surface area contributed by atoms with Gasteiger partial charge in [0.15, 0.2) is 0 Å². The van der Waals surface area contributed by atoms with Gasteiger partial charge in [0, 0.05) is 0 Å². The molecule has 0 N–H and O–H groups in total. The van der Waals surface area contributed by atoms with Gasteiger partial charge >= 0.3 is 127 Å². The zero-order valence-electron chi connectivity index (χ0n) is 13.4. The van der Waals surface area contributed by atoms with E-state index in [0.29, 0.717) is 0 Å². The van der Waals surface area contributed by atoms with Crippen LogP contribution in [0.4, 0.5) is 0 Å². The molecule has 2 aliphatic carbocycles. The van der Waals surface area contributed by atoms with E-state index in [4.69, 9.17) is 0 Å². The summed E-state index contributed by atoms with van der Waals surface area (Å²) in [6.07, 6.45) is 16.8. The topological polar surface area (TPSA) is 0 Å².